The lowest BCUT2D eigenvalue weighted by molar-refractivity contribution is 0.314. The van der Waals surface area contributed by atoms with E-state index in [1.807, 2.05) is 30.3 Å². The fraction of sp³-hybridized carbons (Fsp3) is 0.500. The zero-order valence-corrected chi connectivity index (χ0v) is 9.61. The van der Waals surface area contributed by atoms with E-state index in [0.29, 0.717) is 13.2 Å². The third-order valence-corrected chi connectivity index (χ3v) is 2.09. The summed E-state index contributed by atoms with van der Waals surface area (Å²) in [5, 5.41) is 6.50. The van der Waals surface area contributed by atoms with Crippen molar-refractivity contribution in [1.29, 1.82) is 0 Å². The minimum atomic E-state index is 0.692. The molecule has 0 fully saturated rings. The molecular formula is C12H21N3O. The average Bonchev–Trinajstić information content (AvgIpc) is 2.34. The zero-order valence-electron chi connectivity index (χ0n) is 9.61. The third-order valence-electron chi connectivity index (χ3n) is 2.09. The van der Waals surface area contributed by atoms with Gasteiger partial charge in [0, 0.05) is 32.7 Å². The Kier molecular flexibility index (Phi) is 7.42. The van der Waals surface area contributed by atoms with Crippen molar-refractivity contribution in [2.24, 2.45) is 5.73 Å². The molecular weight excluding hydrogens is 202 g/mol. The van der Waals surface area contributed by atoms with Crippen LogP contribution in [0, 0.1) is 0 Å². The Morgan fingerprint density at radius 1 is 0.938 bits per heavy atom. The molecule has 0 aliphatic heterocycles. The van der Waals surface area contributed by atoms with Crippen LogP contribution in [0.15, 0.2) is 30.3 Å². The van der Waals surface area contributed by atoms with Gasteiger partial charge in [-0.2, -0.15) is 0 Å². The van der Waals surface area contributed by atoms with E-state index in [0.717, 1.165) is 31.9 Å². The number of hydrogen-bond acceptors (Lipinski definition) is 4. The maximum absolute atomic E-state index is 5.53. The quantitative estimate of drug-likeness (QED) is 0.524. The van der Waals surface area contributed by atoms with Crippen LogP contribution in [0.5, 0.6) is 5.75 Å². The molecule has 0 amide bonds. The number of nitrogens with one attached hydrogen (secondary N) is 2. The fourth-order valence-electron chi connectivity index (χ4n) is 1.29. The van der Waals surface area contributed by atoms with Gasteiger partial charge in [0.05, 0.1) is 0 Å². The molecule has 4 nitrogen and oxygen atoms in total. The number of nitrogens with two attached hydrogens (primary N) is 1. The van der Waals surface area contributed by atoms with E-state index < -0.39 is 0 Å². The second-order valence-corrected chi connectivity index (χ2v) is 3.45. The first-order chi connectivity index (χ1) is 7.93. The largest absolute Gasteiger partial charge is 0.492 e. The molecule has 0 bridgehead atoms. The molecule has 0 radical (unpaired) electrons. The summed E-state index contributed by atoms with van der Waals surface area (Å²) in [4.78, 5) is 0. The summed E-state index contributed by atoms with van der Waals surface area (Å²) in [6.45, 7) is 5.01. The molecule has 0 heterocycles. The van der Waals surface area contributed by atoms with Crippen LogP contribution < -0.4 is 21.1 Å². The Morgan fingerprint density at radius 3 is 2.31 bits per heavy atom. The van der Waals surface area contributed by atoms with Crippen molar-refractivity contribution in [3.05, 3.63) is 30.3 Å². The number of hydrogen-bond donors (Lipinski definition) is 3. The molecule has 16 heavy (non-hydrogen) atoms. The lowest BCUT2D eigenvalue weighted by atomic mass is 10.3. The Balaban J connectivity index is 1.89. The lowest BCUT2D eigenvalue weighted by Crippen LogP contribution is -2.32. The van der Waals surface area contributed by atoms with Gasteiger partial charge in [-0.3, -0.25) is 0 Å². The Labute approximate surface area is 97.2 Å². The molecule has 4 N–H and O–H groups in total. The topological polar surface area (TPSA) is 59.3 Å². The monoisotopic (exact) mass is 223 g/mol. The molecule has 4 heteroatoms. The van der Waals surface area contributed by atoms with Gasteiger partial charge in [0.15, 0.2) is 0 Å². The molecule has 1 aromatic carbocycles. The smallest absolute Gasteiger partial charge is 0.119 e. The van der Waals surface area contributed by atoms with Gasteiger partial charge in [0.2, 0.25) is 0 Å². The first-order valence-corrected chi connectivity index (χ1v) is 5.73. The van der Waals surface area contributed by atoms with E-state index in [1.165, 1.54) is 0 Å². The summed E-state index contributed by atoms with van der Waals surface area (Å²) in [7, 11) is 0. The molecule has 0 aliphatic carbocycles. The highest BCUT2D eigenvalue weighted by Crippen LogP contribution is 2.07. The highest BCUT2D eigenvalue weighted by Gasteiger charge is 1.91. The summed E-state index contributed by atoms with van der Waals surface area (Å²) in [6, 6.07) is 9.85. The number of ether oxygens (including phenoxy) is 1. The van der Waals surface area contributed by atoms with Gasteiger partial charge in [-0.15, -0.1) is 0 Å². The SMILES string of the molecule is NCCNCCNCCOc1ccccc1. The minimum Gasteiger partial charge on any atom is -0.492 e. The Morgan fingerprint density at radius 2 is 1.62 bits per heavy atom. The Bertz CT molecular complexity index is 254. The number of benzene rings is 1. The predicted octanol–water partition coefficient (Wildman–Crippen LogP) is 0.203. The van der Waals surface area contributed by atoms with E-state index in [9.17, 15) is 0 Å². The van der Waals surface area contributed by atoms with Gasteiger partial charge >= 0.3 is 0 Å². The molecule has 0 saturated carbocycles. The van der Waals surface area contributed by atoms with Crippen LogP contribution in [0.25, 0.3) is 0 Å². The van der Waals surface area contributed by atoms with Crippen molar-refractivity contribution in [2.45, 2.75) is 0 Å². The van der Waals surface area contributed by atoms with Gasteiger partial charge in [-0.1, -0.05) is 18.2 Å². The normalized spacial score (nSPS) is 10.3. The molecule has 0 atom stereocenters. The van der Waals surface area contributed by atoms with Crippen molar-refractivity contribution >= 4 is 0 Å². The van der Waals surface area contributed by atoms with E-state index in [2.05, 4.69) is 10.6 Å². The summed E-state index contributed by atoms with van der Waals surface area (Å²) >= 11 is 0. The van der Waals surface area contributed by atoms with Crippen LogP contribution in [0.1, 0.15) is 0 Å². The highest BCUT2D eigenvalue weighted by atomic mass is 16.5. The predicted molar refractivity (Wildman–Crippen MR) is 66.7 cm³/mol. The van der Waals surface area contributed by atoms with Crippen molar-refractivity contribution in [3.63, 3.8) is 0 Å². The first-order valence-electron chi connectivity index (χ1n) is 5.73. The summed E-state index contributed by atoms with van der Waals surface area (Å²) in [6.07, 6.45) is 0. The molecule has 0 spiro atoms. The van der Waals surface area contributed by atoms with E-state index in [4.69, 9.17) is 10.5 Å². The van der Waals surface area contributed by atoms with Crippen molar-refractivity contribution in [1.82, 2.24) is 10.6 Å². The van der Waals surface area contributed by atoms with Gasteiger partial charge in [-0.25, -0.2) is 0 Å². The maximum Gasteiger partial charge on any atom is 0.119 e. The minimum absolute atomic E-state index is 0.692. The zero-order chi connectivity index (χ0) is 11.5. The van der Waals surface area contributed by atoms with Gasteiger partial charge < -0.3 is 21.1 Å². The molecule has 0 aliphatic rings. The summed E-state index contributed by atoms with van der Waals surface area (Å²) in [5.74, 6) is 0.922. The van der Waals surface area contributed by atoms with E-state index in [-0.39, 0.29) is 0 Å². The number of rotatable bonds is 9. The molecule has 1 aromatic rings. The molecule has 0 aromatic heterocycles. The molecule has 0 unspecified atom stereocenters. The standard InChI is InChI=1S/C12H21N3O/c13-6-7-14-8-9-15-10-11-16-12-4-2-1-3-5-12/h1-5,14-15H,6-11,13H2. The van der Waals surface area contributed by atoms with Crippen molar-refractivity contribution in [3.8, 4) is 5.75 Å². The van der Waals surface area contributed by atoms with Crippen LogP contribution >= 0.6 is 0 Å². The second kappa shape index (κ2) is 9.15. The number of para-hydroxylation sites is 1. The van der Waals surface area contributed by atoms with Gasteiger partial charge in [0.25, 0.3) is 0 Å². The van der Waals surface area contributed by atoms with Gasteiger partial charge in [-0.05, 0) is 12.1 Å². The van der Waals surface area contributed by atoms with E-state index in [1.54, 1.807) is 0 Å². The van der Waals surface area contributed by atoms with Crippen LogP contribution in [-0.2, 0) is 0 Å². The van der Waals surface area contributed by atoms with Crippen LogP contribution in [0.4, 0.5) is 0 Å². The summed E-state index contributed by atoms with van der Waals surface area (Å²) < 4.78 is 5.53. The lowest BCUT2D eigenvalue weighted by Gasteiger charge is -2.07. The van der Waals surface area contributed by atoms with Crippen molar-refractivity contribution < 1.29 is 4.74 Å². The van der Waals surface area contributed by atoms with Crippen LogP contribution in [0.2, 0.25) is 0 Å². The van der Waals surface area contributed by atoms with Crippen LogP contribution in [0.3, 0.4) is 0 Å². The average molecular weight is 223 g/mol. The summed E-state index contributed by atoms with van der Waals surface area (Å²) in [5.41, 5.74) is 5.35. The second-order valence-electron chi connectivity index (χ2n) is 3.45. The highest BCUT2D eigenvalue weighted by molar-refractivity contribution is 5.20. The first kappa shape index (κ1) is 13.0. The van der Waals surface area contributed by atoms with E-state index >= 15 is 0 Å². The molecule has 0 saturated heterocycles. The molecule has 90 valence electrons. The molecule has 1 rings (SSSR count). The Hall–Kier alpha value is -1.10. The van der Waals surface area contributed by atoms with Crippen molar-refractivity contribution in [2.75, 3.05) is 39.3 Å². The third kappa shape index (κ3) is 6.40. The van der Waals surface area contributed by atoms with Crippen LogP contribution in [-0.4, -0.2) is 39.3 Å². The van der Waals surface area contributed by atoms with Gasteiger partial charge in [0.1, 0.15) is 12.4 Å². The fourth-order valence-corrected chi connectivity index (χ4v) is 1.29. The maximum atomic E-state index is 5.53.